The third-order valence-corrected chi connectivity index (χ3v) is 5.80. The predicted octanol–water partition coefficient (Wildman–Crippen LogP) is 2.42. The fourth-order valence-electron chi connectivity index (χ4n) is 4.26. The Balaban J connectivity index is 1.50. The first-order valence-electron chi connectivity index (χ1n) is 10.9. The van der Waals surface area contributed by atoms with E-state index in [1.54, 1.807) is 0 Å². The van der Waals surface area contributed by atoms with Crippen LogP contribution >= 0.6 is 0 Å². The van der Waals surface area contributed by atoms with Gasteiger partial charge < -0.3 is 10.6 Å². The van der Waals surface area contributed by atoms with E-state index in [4.69, 9.17) is 0 Å². The lowest BCUT2D eigenvalue weighted by Crippen LogP contribution is -2.47. The molecule has 29 heavy (non-hydrogen) atoms. The smallest absolute Gasteiger partial charge is 0.241 e. The Labute approximate surface area is 175 Å². The van der Waals surface area contributed by atoms with Crippen molar-refractivity contribution in [2.45, 2.75) is 65.0 Å². The lowest BCUT2D eigenvalue weighted by molar-refractivity contribution is -0.124. The van der Waals surface area contributed by atoms with Crippen molar-refractivity contribution in [1.82, 2.24) is 15.1 Å². The molecule has 1 heterocycles. The highest BCUT2D eigenvalue weighted by atomic mass is 16.2. The van der Waals surface area contributed by atoms with E-state index in [1.807, 2.05) is 33.8 Å². The molecule has 1 aromatic carbocycles. The molecule has 1 aromatic rings. The van der Waals surface area contributed by atoms with Gasteiger partial charge in [-0.15, -0.1) is 0 Å². The van der Waals surface area contributed by atoms with Gasteiger partial charge in [0.25, 0.3) is 0 Å². The quantitative estimate of drug-likeness (QED) is 0.797. The summed E-state index contributed by atoms with van der Waals surface area (Å²) in [4.78, 5) is 29.4. The van der Waals surface area contributed by atoms with E-state index in [0.717, 1.165) is 51.1 Å². The van der Waals surface area contributed by atoms with Crippen LogP contribution in [-0.4, -0.2) is 65.9 Å². The fourth-order valence-corrected chi connectivity index (χ4v) is 4.26. The number of carbonyl (C=O) groups excluding carboxylic acids is 2. The van der Waals surface area contributed by atoms with Crippen LogP contribution in [0, 0.1) is 0 Å². The molecule has 0 aromatic heterocycles. The molecular formula is C23H36N4O2. The molecule has 1 atom stereocenters. The van der Waals surface area contributed by atoms with Gasteiger partial charge in [-0.25, -0.2) is 0 Å². The van der Waals surface area contributed by atoms with Gasteiger partial charge in [-0.2, -0.15) is 0 Å². The van der Waals surface area contributed by atoms with Crippen LogP contribution in [0.2, 0.25) is 0 Å². The molecule has 3 rings (SSSR count). The molecule has 2 N–H and O–H groups in total. The Hall–Kier alpha value is -1.92. The molecule has 1 fully saturated rings. The van der Waals surface area contributed by atoms with Crippen LogP contribution < -0.4 is 10.6 Å². The van der Waals surface area contributed by atoms with Gasteiger partial charge in [0.05, 0.1) is 12.6 Å². The average molecular weight is 401 g/mol. The van der Waals surface area contributed by atoms with Gasteiger partial charge in [0.15, 0.2) is 0 Å². The normalized spacial score (nSPS) is 19.3. The zero-order chi connectivity index (χ0) is 21.0. The van der Waals surface area contributed by atoms with Crippen LogP contribution in [-0.2, 0) is 22.4 Å². The van der Waals surface area contributed by atoms with E-state index >= 15 is 0 Å². The Bertz CT molecular complexity index is 741. The monoisotopic (exact) mass is 400 g/mol. The van der Waals surface area contributed by atoms with Crippen LogP contribution in [0.1, 0.15) is 51.7 Å². The molecule has 0 radical (unpaired) electrons. The van der Waals surface area contributed by atoms with Gasteiger partial charge in [-0.3, -0.25) is 19.4 Å². The summed E-state index contributed by atoms with van der Waals surface area (Å²) in [5.41, 5.74) is 3.48. The van der Waals surface area contributed by atoms with Crippen molar-refractivity contribution < 1.29 is 9.59 Å². The SMILES string of the molecule is C[C@@H](C(=O)Nc1ccc2c(c1)CCC2)N1CCCN(CC(=O)NC(C)(C)C)CC1. The van der Waals surface area contributed by atoms with Crippen molar-refractivity contribution >= 4 is 17.5 Å². The summed E-state index contributed by atoms with van der Waals surface area (Å²) in [6, 6.07) is 6.11. The van der Waals surface area contributed by atoms with Gasteiger partial charge in [0.2, 0.25) is 11.8 Å². The maximum Gasteiger partial charge on any atom is 0.241 e. The molecule has 2 aliphatic rings. The number of fused-ring (bicyclic) bond motifs is 1. The lowest BCUT2D eigenvalue weighted by atomic mass is 10.1. The second-order valence-corrected chi connectivity index (χ2v) is 9.47. The third kappa shape index (κ3) is 6.28. The molecule has 6 nitrogen and oxygen atoms in total. The Morgan fingerprint density at radius 2 is 1.79 bits per heavy atom. The first-order valence-corrected chi connectivity index (χ1v) is 10.9. The standard InChI is InChI=1S/C23H36N4O2/c1-17(22(29)24-20-10-9-18-7-5-8-19(18)15-20)27-12-6-11-26(13-14-27)16-21(28)25-23(2,3)4/h9-10,15,17H,5-8,11-14,16H2,1-4H3,(H,24,29)(H,25,28)/t17-/m0/s1. The number of amides is 2. The number of aryl methyl sites for hydroxylation is 2. The minimum atomic E-state index is -0.209. The lowest BCUT2D eigenvalue weighted by Gasteiger charge is -2.27. The molecule has 0 spiro atoms. The van der Waals surface area contributed by atoms with Gasteiger partial charge in [0.1, 0.15) is 0 Å². The summed E-state index contributed by atoms with van der Waals surface area (Å²) in [7, 11) is 0. The molecule has 0 unspecified atom stereocenters. The summed E-state index contributed by atoms with van der Waals surface area (Å²) in [6.45, 7) is 11.7. The maximum atomic E-state index is 12.8. The van der Waals surface area contributed by atoms with Crippen molar-refractivity contribution in [3.63, 3.8) is 0 Å². The van der Waals surface area contributed by atoms with Gasteiger partial charge in [-0.1, -0.05) is 6.07 Å². The highest BCUT2D eigenvalue weighted by Crippen LogP contribution is 2.25. The van der Waals surface area contributed by atoms with Crippen LogP contribution in [0.25, 0.3) is 0 Å². The molecule has 0 saturated carbocycles. The van der Waals surface area contributed by atoms with Crippen molar-refractivity contribution in [2.24, 2.45) is 0 Å². The second-order valence-electron chi connectivity index (χ2n) is 9.47. The van der Waals surface area contributed by atoms with Crippen LogP contribution in [0.3, 0.4) is 0 Å². The first kappa shape index (κ1) is 21.8. The third-order valence-electron chi connectivity index (χ3n) is 5.80. The molecular weight excluding hydrogens is 364 g/mol. The molecule has 2 amide bonds. The molecule has 1 aliphatic heterocycles. The fraction of sp³-hybridized carbons (Fsp3) is 0.652. The van der Waals surface area contributed by atoms with Crippen molar-refractivity contribution in [1.29, 1.82) is 0 Å². The van der Waals surface area contributed by atoms with Crippen LogP contribution in [0.15, 0.2) is 18.2 Å². The zero-order valence-corrected chi connectivity index (χ0v) is 18.4. The highest BCUT2D eigenvalue weighted by Gasteiger charge is 2.25. The number of anilines is 1. The van der Waals surface area contributed by atoms with Crippen LogP contribution in [0.5, 0.6) is 0 Å². The minimum Gasteiger partial charge on any atom is -0.350 e. The Morgan fingerprint density at radius 3 is 2.55 bits per heavy atom. The van der Waals surface area contributed by atoms with Crippen molar-refractivity contribution in [2.75, 3.05) is 38.0 Å². The average Bonchev–Trinajstić information content (AvgIpc) is 2.97. The van der Waals surface area contributed by atoms with E-state index < -0.39 is 0 Å². The van der Waals surface area contributed by atoms with Gasteiger partial charge >= 0.3 is 0 Å². The number of carbonyl (C=O) groups is 2. The van der Waals surface area contributed by atoms with E-state index in [1.165, 1.54) is 17.5 Å². The summed E-state index contributed by atoms with van der Waals surface area (Å²) in [5.74, 6) is 0.107. The van der Waals surface area contributed by atoms with E-state index in [-0.39, 0.29) is 23.4 Å². The van der Waals surface area contributed by atoms with Gasteiger partial charge in [0, 0.05) is 30.9 Å². The number of nitrogens with zero attached hydrogens (tertiary/aromatic N) is 2. The number of benzene rings is 1. The molecule has 0 bridgehead atoms. The molecule has 1 saturated heterocycles. The Kier molecular flexibility index (Phi) is 6.96. The summed E-state index contributed by atoms with van der Waals surface area (Å²) < 4.78 is 0. The Morgan fingerprint density at radius 1 is 1.03 bits per heavy atom. The largest absolute Gasteiger partial charge is 0.350 e. The molecule has 160 valence electrons. The highest BCUT2D eigenvalue weighted by molar-refractivity contribution is 5.94. The predicted molar refractivity (Wildman–Crippen MR) is 117 cm³/mol. The van der Waals surface area contributed by atoms with Crippen LogP contribution in [0.4, 0.5) is 5.69 Å². The number of rotatable bonds is 5. The van der Waals surface area contributed by atoms with Crippen molar-refractivity contribution in [3.05, 3.63) is 29.3 Å². The summed E-state index contributed by atoms with van der Waals surface area (Å²) in [6.07, 6.45) is 4.43. The van der Waals surface area contributed by atoms with E-state index in [0.29, 0.717) is 6.54 Å². The second kappa shape index (κ2) is 9.26. The van der Waals surface area contributed by atoms with E-state index in [9.17, 15) is 9.59 Å². The topological polar surface area (TPSA) is 64.7 Å². The first-order chi connectivity index (χ1) is 13.7. The zero-order valence-electron chi connectivity index (χ0n) is 18.4. The molecule has 1 aliphatic carbocycles. The van der Waals surface area contributed by atoms with E-state index in [2.05, 4.69) is 32.6 Å². The summed E-state index contributed by atoms with van der Waals surface area (Å²) in [5, 5.41) is 6.13. The number of hydrogen-bond acceptors (Lipinski definition) is 4. The minimum absolute atomic E-state index is 0.0434. The maximum absolute atomic E-state index is 12.8. The van der Waals surface area contributed by atoms with Crippen molar-refractivity contribution in [3.8, 4) is 0 Å². The van der Waals surface area contributed by atoms with Gasteiger partial charge in [-0.05, 0) is 83.2 Å². The number of hydrogen-bond donors (Lipinski definition) is 2. The molecule has 6 heteroatoms. The summed E-state index contributed by atoms with van der Waals surface area (Å²) >= 11 is 0. The number of nitrogens with one attached hydrogen (secondary N) is 2.